The maximum absolute atomic E-state index is 4.30. The van der Waals surface area contributed by atoms with E-state index in [-0.39, 0.29) is 0 Å². The van der Waals surface area contributed by atoms with Crippen LogP contribution in [-0.4, -0.2) is 20.0 Å². The third kappa shape index (κ3) is 6.93. The normalized spacial score (nSPS) is 11.0. The molecule has 2 aromatic rings. The van der Waals surface area contributed by atoms with Gasteiger partial charge in [-0.15, -0.1) is 5.10 Å². The molecule has 0 N–H and O–H groups in total. The lowest BCUT2D eigenvalue weighted by atomic mass is 10.1. The molecule has 0 unspecified atom stereocenters. The highest BCUT2D eigenvalue weighted by Gasteiger charge is 2.04. The first kappa shape index (κ1) is 17.6. The summed E-state index contributed by atoms with van der Waals surface area (Å²) in [4.78, 5) is 4.30. The minimum atomic E-state index is 0.859. The summed E-state index contributed by atoms with van der Waals surface area (Å²) in [6.45, 7) is 3.23. The molecule has 0 radical (unpaired) electrons. The van der Waals surface area contributed by atoms with Crippen LogP contribution < -0.4 is 0 Å². The monoisotopic (exact) mass is 314 g/mol. The Labute approximate surface area is 140 Å². The Morgan fingerprint density at radius 2 is 1.52 bits per heavy atom. The lowest BCUT2D eigenvalue weighted by Gasteiger charge is -2.02. The third-order valence-electron chi connectivity index (χ3n) is 4.21. The Hall–Kier alpha value is -1.71. The Morgan fingerprint density at radius 1 is 0.826 bits per heavy atom. The summed E-state index contributed by atoms with van der Waals surface area (Å²) in [6.07, 6.45) is 17.4. The molecule has 0 bridgehead atoms. The summed E-state index contributed by atoms with van der Waals surface area (Å²) in [5.74, 6) is 0. The predicted octanol–water partition coefficient (Wildman–Crippen LogP) is 5.26. The van der Waals surface area contributed by atoms with Crippen molar-refractivity contribution in [1.29, 1.82) is 0 Å². The second kappa shape index (κ2) is 10.9. The summed E-state index contributed by atoms with van der Waals surface area (Å²) in [7, 11) is 0. The maximum Gasteiger partial charge on any atom is 0.131 e. The number of aromatic nitrogens is 4. The summed E-state index contributed by atoms with van der Waals surface area (Å²) in [6, 6.07) is 5.86. The topological polar surface area (TPSA) is 43.6 Å². The average Bonchev–Trinajstić information content (AvgIpc) is 3.06. The molecule has 0 aliphatic rings. The lowest BCUT2D eigenvalue weighted by Crippen LogP contribution is -1.98. The molecule has 0 saturated heterocycles. The van der Waals surface area contributed by atoms with E-state index in [2.05, 4.69) is 22.2 Å². The van der Waals surface area contributed by atoms with Crippen molar-refractivity contribution in [3.8, 4) is 11.4 Å². The van der Waals surface area contributed by atoms with E-state index in [1.807, 2.05) is 29.1 Å². The number of aryl methyl sites for hydroxylation is 1. The fraction of sp³-hybridized carbons (Fsp3) is 0.632. The van der Waals surface area contributed by atoms with Crippen LogP contribution in [0.1, 0.15) is 71.1 Å². The molecular weight excluding hydrogens is 284 g/mol. The molecule has 0 amide bonds. The second-order valence-corrected chi connectivity index (χ2v) is 6.26. The van der Waals surface area contributed by atoms with Gasteiger partial charge >= 0.3 is 0 Å². The highest BCUT2D eigenvalue weighted by molar-refractivity contribution is 5.51. The van der Waals surface area contributed by atoms with E-state index in [1.54, 1.807) is 6.20 Å². The summed E-state index contributed by atoms with van der Waals surface area (Å²) < 4.78 is 1.94. The minimum Gasteiger partial charge on any atom is -0.254 e. The van der Waals surface area contributed by atoms with Crippen LogP contribution in [-0.2, 0) is 6.54 Å². The van der Waals surface area contributed by atoms with Gasteiger partial charge in [-0.1, -0.05) is 76.0 Å². The van der Waals surface area contributed by atoms with Gasteiger partial charge in [-0.25, -0.2) is 0 Å². The zero-order valence-electron chi connectivity index (χ0n) is 14.5. The van der Waals surface area contributed by atoms with Crippen molar-refractivity contribution in [2.24, 2.45) is 0 Å². The van der Waals surface area contributed by atoms with Crippen LogP contribution in [0.5, 0.6) is 0 Å². The van der Waals surface area contributed by atoms with E-state index < -0.39 is 0 Å². The third-order valence-corrected chi connectivity index (χ3v) is 4.21. The first-order valence-corrected chi connectivity index (χ1v) is 9.21. The van der Waals surface area contributed by atoms with Crippen LogP contribution in [0.25, 0.3) is 11.4 Å². The number of nitrogens with zero attached hydrogens (tertiary/aromatic N) is 4. The Bertz CT molecular complexity index is 521. The minimum absolute atomic E-state index is 0.859. The molecule has 0 aliphatic carbocycles. The molecule has 2 aromatic heterocycles. The van der Waals surface area contributed by atoms with Gasteiger partial charge in [0.15, 0.2) is 0 Å². The van der Waals surface area contributed by atoms with E-state index in [1.165, 1.54) is 64.2 Å². The average molecular weight is 314 g/mol. The number of hydrogen-bond acceptors (Lipinski definition) is 3. The van der Waals surface area contributed by atoms with Crippen molar-refractivity contribution < 1.29 is 0 Å². The van der Waals surface area contributed by atoms with Gasteiger partial charge in [-0.05, 0) is 18.6 Å². The molecule has 4 heteroatoms. The van der Waals surface area contributed by atoms with Crippen molar-refractivity contribution in [3.63, 3.8) is 0 Å². The van der Waals surface area contributed by atoms with Gasteiger partial charge in [0, 0.05) is 12.7 Å². The molecule has 0 fully saturated rings. The second-order valence-electron chi connectivity index (χ2n) is 6.26. The van der Waals surface area contributed by atoms with Gasteiger partial charge in [-0.3, -0.25) is 9.67 Å². The maximum atomic E-state index is 4.30. The van der Waals surface area contributed by atoms with Gasteiger partial charge in [0.25, 0.3) is 0 Å². The van der Waals surface area contributed by atoms with Crippen molar-refractivity contribution >= 4 is 0 Å². The van der Waals surface area contributed by atoms with E-state index >= 15 is 0 Å². The molecule has 126 valence electrons. The quantitative estimate of drug-likeness (QED) is 0.502. The van der Waals surface area contributed by atoms with Gasteiger partial charge < -0.3 is 0 Å². The molecule has 23 heavy (non-hydrogen) atoms. The SMILES string of the molecule is CCCCCCCCCCCCn1cc(-c2ccccn2)nn1. The first-order valence-electron chi connectivity index (χ1n) is 9.21. The number of hydrogen-bond donors (Lipinski definition) is 0. The van der Waals surface area contributed by atoms with Crippen molar-refractivity contribution in [2.75, 3.05) is 0 Å². The zero-order valence-corrected chi connectivity index (χ0v) is 14.5. The Morgan fingerprint density at radius 3 is 2.17 bits per heavy atom. The summed E-state index contributed by atoms with van der Waals surface area (Å²) in [5, 5.41) is 8.40. The lowest BCUT2D eigenvalue weighted by molar-refractivity contribution is 0.507. The number of unbranched alkanes of at least 4 members (excludes halogenated alkanes) is 9. The molecule has 0 aromatic carbocycles. The predicted molar refractivity (Wildman–Crippen MR) is 95.1 cm³/mol. The fourth-order valence-electron chi connectivity index (χ4n) is 2.80. The van der Waals surface area contributed by atoms with Gasteiger partial charge in [0.05, 0.1) is 11.9 Å². The fourth-order valence-corrected chi connectivity index (χ4v) is 2.80. The zero-order chi connectivity index (χ0) is 16.2. The van der Waals surface area contributed by atoms with Crippen molar-refractivity contribution in [2.45, 2.75) is 77.7 Å². The Balaban J connectivity index is 1.53. The highest BCUT2D eigenvalue weighted by atomic mass is 15.4. The molecule has 0 spiro atoms. The molecule has 2 heterocycles. The summed E-state index contributed by atoms with van der Waals surface area (Å²) in [5.41, 5.74) is 1.75. The highest BCUT2D eigenvalue weighted by Crippen LogP contribution is 2.13. The van der Waals surface area contributed by atoms with Gasteiger partial charge in [-0.2, -0.15) is 0 Å². The molecule has 0 saturated carbocycles. The van der Waals surface area contributed by atoms with Crippen molar-refractivity contribution in [3.05, 3.63) is 30.6 Å². The van der Waals surface area contributed by atoms with Crippen LogP contribution in [0.3, 0.4) is 0 Å². The first-order chi connectivity index (χ1) is 11.4. The van der Waals surface area contributed by atoms with Gasteiger partial charge in [0.1, 0.15) is 5.69 Å². The molecule has 4 nitrogen and oxygen atoms in total. The van der Waals surface area contributed by atoms with E-state index in [9.17, 15) is 0 Å². The van der Waals surface area contributed by atoms with Crippen molar-refractivity contribution in [1.82, 2.24) is 20.0 Å². The Kier molecular flexibility index (Phi) is 8.38. The van der Waals surface area contributed by atoms with Crippen LogP contribution in [0.15, 0.2) is 30.6 Å². The van der Waals surface area contributed by atoms with Crippen LogP contribution in [0, 0.1) is 0 Å². The van der Waals surface area contributed by atoms with E-state index in [0.717, 1.165) is 17.9 Å². The molecule has 2 rings (SSSR count). The number of pyridine rings is 1. The smallest absolute Gasteiger partial charge is 0.131 e. The molecule has 0 aliphatic heterocycles. The number of rotatable bonds is 12. The van der Waals surface area contributed by atoms with E-state index in [0.29, 0.717) is 0 Å². The largest absolute Gasteiger partial charge is 0.254 e. The molecule has 0 atom stereocenters. The van der Waals surface area contributed by atoms with Crippen LogP contribution >= 0.6 is 0 Å². The van der Waals surface area contributed by atoms with Crippen LogP contribution in [0.4, 0.5) is 0 Å². The van der Waals surface area contributed by atoms with Gasteiger partial charge in [0.2, 0.25) is 0 Å². The van der Waals surface area contributed by atoms with Crippen LogP contribution in [0.2, 0.25) is 0 Å². The standard InChI is InChI=1S/C19H30N4/c1-2-3-4-5-6-7-8-9-10-13-16-23-17-19(21-22-23)18-14-11-12-15-20-18/h11-12,14-15,17H,2-10,13,16H2,1H3. The summed E-state index contributed by atoms with van der Waals surface area (Å²) >= 11 is 0. The van der Waals surface area contributed by atoms with E-state index in [4.69, 9.17) is 0 Å². The molecular formula is C19H30N4.